The summed E-state index contributed by atoms with van der Waals surface area (Å²) >= 11 is 0. The Bertz CT molecular complexity index is 982. The molecular weight excluding hydrogens is 361 g/mol. The van der Waals surface area contributed by atoms with E-state index in [0.717, 1.165) is 39.3 Å². The van der Waals surface area contributed by atoms with E-state index in [2.05, 4.69) is 19.9 Å². The third-order valence-corrected chi connectivity index (χ3v) is 5.09. The molecule has 1 aromatic carbocycles. The number of methoxy groups -OCH3 is 1. The van der Waals surface area contributed by atoms with Gasteiger partial charge in [-0.25, -0.2) is 9.37 Å². The summed E-state index contributed by atoms with van der Waals surface area (Å²) in [5, 5.41) is 5.07. The normalized spacial score (nSPS) is 15.5. The number of hydrogen-bond donors (Lipinski definition) is 1. The minimum atomic E-state index is -0.319. The Labute approximate surface area is 162 Å². The second-order valence-electron chi connectivity index (χ2n) is 6.91. The molecule has 1 saturated heterocycles. The van der Waals surface area contributed by atoms with Crippen molar-refractivity contribution in [1.29, 1.82) is 0 Å². The third kappa shape index (κ3) is 3.50. The van der Waals surface area contributed by atoms with Crippen molar-refractivity contribution in [2.24, 2.45) is 7.05 Å². The van der Waals surface area contributed by atoms with Crippen molar-refractivity contribution in [2.75, 3.05) is 57.1 Å². The quantitative estimate of drug-likeness (QED) is 0.713. The molecule has 0 unspecified atom stereocenters. The number of halogens is 1. The first-order valence-corrected chi connectivity index (χ1v) is 9.29. The number of piperazine rings is 1. The standard InChI is InChI=1S/C19H24FN7O/c1-25-17(21)15-16(13-4-3-5-14(20)12-13)22-19(23-18(15)24-25)27-8-6-26(7-9-27)10-11-28-2/h3-5,12H,6-11,21H2,1-2H3. The smallest absolute Gasteiger partial charge is 0.228 e. The van der Waals surface area contributed by atoms with Crippen LogP contribution in [0.4, 0.5) is 16.2 Å². The Kier molecular flexibility index (Phi) is 5.10. The molecule has 1 aliphatic rings. The number of hydrogen-bond acceptors (Lipinski definition) is 7. The van der Waals surface area contributed by atoms with E-state index < -0.39 is 0 Å². The molecule has 3 heterocycles. The van der Waals surface area contributed by atoms with Crippen LogP contribution < -0.4 is 10.6 Å². The van der Waals surface area contributed by atoms with Gasteiger partial charge in [-0.2, -0.15) is 10.1 Å². The van der Waals surface area contributed by atoms with Crippen molar-refractivity contribution in [3.8, 4) is 11.3 Å². The number of aromatic nitrogens is 4. The molecule has 2 N–H and O–H groups in total. The fraction of sp³-hybridized carbons (Fsp3) is 0.421. The highest BCUT2D eigenvalue weighted by Gasteiger charge is 2.23. The molecule has 0 radical (unpaired) electrons. The summed E-state index contributed by atoms with van der Waals surface area (Å²) in [6.07, 6.45) is 0. The number of anilines is 2. The van der Waals surface area contributed by atoms with Gasteiger partial charge in [0.1, 0.15) is 11.6 Å². The van der Waals surface area contributed by atoms with Crippen LogP contribution >= 0.6 is 0 Å². The van der Waals surface area contributed by atoms with Crippen molar-refractivity contribution in [2.45, 2.75) is 0 Å². The molecule has 9 heteroatoms. The summed E-state index contributed by atoms with van der Waals surface area (Å²) in [5.41, 5.74) is 7.98. The fourth-order valence-corrected chi connectivity index (χ4v) is 3.48. The summed E-state index contributed by atoms with van der Waals surface area (Å²) < 4.78 is 20.6. The maximum atomic E-state index is 13.8. The van der Waals surface area contributed by atoms with Gasteiger partial charge in [0.2, 0.25) is 5.95 Å². The van der Waals surface area contributed by atoms with Crippen molar-refractivity contribution in [1.82, 2.24) is 24.6 Å². The third-order valence-electron chi connectivity index (χ3n) is 5.09. The number of ether oxygens (including phenoxy) is 1. The van der Waals surface area contributed by atoms with E-state index in [1.165, 1.54) is 12.1 Å². The minimum Gasteiger partial charge on any atom is -0.383 e. The molecule has 0 saturated carbocycles. The van der Waals surface area contributed by atoms with Gasteiger partial charge in [-0.1, -0.05) is 12.1 Å². The minimum absolute atomic E-state index is 0.319. The van der Waals surface area contributed by atoms with Gasteiger partial charge >= 0.3 is 0 Å². The van der Waals surface area contributed by atoms with Crippen LogP contribution in [-0.2, 0) is 11.8 Å². The largest absolute Gasteiger partial charge is 0.383 e. The van der Waals surface area contributed by atoms with Crippen LogP contribution in [0.1, 0.15) is 0 Å². The highest BCUT2D eigenvalue weighted by Crippen LogP contribution is 2.32. The number of fused-ring (bicyclic) bond motifs is 1. The Morgan fingerprint density at radius 1 is 1.18 bits per heavy atom. The maximum Gasteiger partial charge on any atom is 0.228 e. The molecular formula is C19H24FN7O. The fourth-order valence-electron chi connectivity index (χ4n) is 3.48. The molecule has 1 fully saturated rings. The molecule has 0 atom stereocenters. The predicted molar refractivity (Wildman–Crippen MR) is 107 cm³/mol. The Hall–Kier alpha value is -2.78. The van der Waals surface area contributed by atoms with Gasteiger partial charge < -0.3 is 15.4 Å². The van der Waals surface area contributed by atoms with Crippen molar-refractivity contribution >= 4 is 22.8 Å². The van der Waals surface area contributed by atoms with Gasteiger partial charge in [0.05, 0.1) is 17.7 Å². The molecule has 8 nitrogen and oxygen atoms in total. The average Bonchev–Trinajstić information content (AvgIpc) is 3.00. The van der Waals surface area contributed by atoms with Crippen LogP contribution in [-0.4, -0.2) is 71.1 Å². The Morgan fingerprint density at radius 3 is 2.68 bits per heavy atom. The van der Waals surface area contributed by atoms with E-state index in [9.17, 15) is 4.39 Å². The van der Waals surface area contributed by atoms with Gasteiger partial charge in [0.15, 0.2) is 5.65 Å². The lowest BCUT2D eigenvalue weighted by atomic mass is 10.1. The van der Waals surface area contributed by atoms with E-state index >= 15 is 0 Å². The highest BCUT2D eigenvalue weighted by atomic mass is 19.1. The monoisotopic (exact) mass is 385 g/mol. The predicted octanol–water partition coefficient (Wildman–Crippen LogP) is 1.52. The van der Waals surface area contributed by atoms with Gasteiger partial charge in [0.25, 0.3) is 0 Å². The van der Waals surface area contributed by atoms with Crippen LogP contribution in [0.3, 0.4) is 0 Å². The summed E-state index contributed by atoms with van der Waals surface area (Å²) in [5.74, 6) is 0.737. The van der Waals surface area contributed by atoms with Crippen LogP contribution in [0.25, 0.3) is 22.3 Å². The van der Waals surface area contributed by atoms with Crippen LogP contribution in [0.2, 0.25) is 0 Å². The topological polar surface area (TPSA) is 85.3 Å². The van der Waals surface area contributed by atoms with Gasteiger partial charge in [-0.05, 0) is 12.1 Å². The van der Waals surface area contributed by atoms with Crippen molar-refractivity contribution in [3.05, 3.63) is 30.1 Å². The molecule has 3 aromatic rings. The lowest BCUT2D eigenvalue weighted by molar-refractivity contribution is 0.144. The van der Waals surface area contributed by atoms with Crippen LogP contribution in [0, 0.1) is 5.82 Å². The highest BCUT2D eigenvalue weighted by molar-refractivity contribution is 5.98. The summed E-state index contributed by atoms with van der Waals surface area (Å²) in [4.78, 5) is 13.9. The molecule has 0 amide bonds. The van der Waals surface area contributed by atoms with Crippen LogP contribution in [0.15, 0.2) is 24.3 Å². The molecule has 0 bridgehead atoms. The van der Waals surface area contributed by atoms with E-state index in [-0.39, 0.29) is 5.82 Å². The van der Waals surface area contributed by atoms with E-state index in [1.807, 2.05) is 6.07 Å². The lowest BCUT2D eigenvalue weighted by Crippen LogP contribution is -2.47. The number of nitrogens with two attached hydrogens (primary N) is 1. The zero-order valence-electron chi connectivity index (χ0n) is 16.1. The van der Waals surface area contributed by atoms with Gasteiger partial charge in [0, 0.05) is 52.4 Å². The zero-order valence-corrected chi connectivity index (χ0v) is 16.1. The molecule has 148 valence electrons. The summed E-state index contributed by atoms with van der Waals surface area (Å²) in [6, 6.07) is 6.36. The second-order valence-corrected chi connectivity index (χ2v) is 6.91. The van der Waals surface area contributed by atoms with E-state index in [0.29, 0.717) is 34.1 Å². The molecule has 0 spiro atoms. The summed E-state index contributed by atoms with van der Waals surface area (Å²) in [7, 11) is 3.48. The number of aryl methyl sites for hydroxylation is 1. The first kappa shape index (κ1) is 18.6. The Morgan fingerprint density at radius 2 is 1.96 bits per heavy atom. The van der Waals surface area contributed by atoms with Gasteiger partial charge in [-0.3, -0.25) is 9.58 Å². The van der Waals surface area contributed by atoms with E-state index in [1.54, 1.807) is 24.9 Å². The van der Waals surface area contributed by atoms with Crippen molar-refractivity contribution in [3.63, 3.8) is 0 Å². The van der Waals surface area contributed by atoms with Crippen molar-refractivity contribution < 1.29 is 9.13 Å². The molecule has 0 aliphatic carbocycles. The maximum absolute atomic E-state index is 13.8. The number of nitrogen functional groups attached to an aromatic ring is 1. The number of rotatable bonds is 5. The van der Waals surface area contributed by atoms with E-state index in [4.69, 9.17) is 15.5 Å². The second kappa shape index (κ2) is 7.69. The summed E-state index contributed by atoms with van der Waals surface area (Å²) in [6.45, 7) is 5.06. The zero-order chi connectivity index (χ0) is 19.7. The molecule has 28 heavy (non-hydrogen) atoms. The number of nitrogens with zero attached hydrogens (tertiary/aromatic N) is 6. The SMILES string of the molecule is COCCN1CCN(c2nc(-c3cccc(F)c3)c3c(N)n(C)nc3n2)CC1. The first-order chi connectivity index (χ1) is 13.6. The average molecular weight is 385 g/mol. The Balaban J connectivity index is 1.71. The van der Waals surface area contributed by atoms with Crippen LogP contribution in [0.5, 0.6) is 0 Å². The lowest BCUT2D eigenvalue weighted by Gasteiger charge is -2.34. The first-order valence-electron chi connectivity index (χ1n) is 9.29. The molecule has 4 rings (SSSR count). The van der Waals surface area contributed by atoms with Gasteiger partial charge in [-0.15, -0.1) is 0 Å². The molecule has 1 aliphatic heterocycles. The molecule has 2 aromatic heterocycles. The number of benzene rings is 1.